The number of carboxylic acid groups (broad SMARTS) is 1. The Morgan fingerprint density at radius 3 is 2.67 bits per heavy atom. The van der Waals surface area contributed by atoms with E-state index >= 15 is 0 Å². The summed E-state index contributed by atoms with van der Waals surface area (Å²) in [5.74, 6) is -1.33. The normalized spacial score (nSPS) is 10.4. The lowest BCUT2D eigenvalue weighted by atomic mass is 10.1. The van der Waals surface area contributed by atoms with Crippen LogP contribution in [0.15, 0.2) is 24.3 Å². The van der Waals surface area contributed by atoms with Gasteiger partial charge in [-0.05, 0) is 37.1 Å². The van der Waals surface area contributed by atoms with Gasteiger partial charge in [0.15, 0.2) is 0 Å². The lowest BCUT2D eigenvalue weighted by Crippen LogP contribution is -2.17. The first-order valence-corrected chi connectivity index (χ1v) is 6.61. The van der Waals surface area contributed by atoms with E-state index in [1.54, 1.807) is 32.2 Å². The highest BCUT2D eigenvalue weighted by molar-refractivity contribution is 6.04. The van der Waals surface area contributed by atoms with Gasteiger partial charge >= 0.3 is 5.97 Å². The van der Waals surface area contributed by atoms with E-state index in [1.807, 2.05) is 6.92 Å². The lowest BCUT2D eigenvalue weighted by molar-refractivity contribution is 0.0695. The monoisotopic (exact) mass is 287 g/mol. The zero-order chi connectivity index (χ0) is 15.6. The van der Waals surface area contributed by atoms with E-state index in [0.717, 1.165) is 12.1 Å². The fourth-order valence-electron chi connectivity index (χ4n) is 2.10. The van der Waals surface area contributed by atoms with Gasteiger partial charge in [-0.25, -0.2) is 4.79 Å². The molecule has 2 rings (SSSR count). The summed E-state index contributed by atoms with van der Waals surface area (Å²) in [7, 11) is 1.70. The third-order valence-electron chi connectivity index (χ3n) is 3.34. The number of nitrogens with one attached hydrogen (secondary N) is 1. The highest BCUT2D eigenvalue weighted by Crippen LogP contribution is 2.20. The Morgan fingerprint density at radius 1 is 1.38 bits per heavy atom. The molecule has 0 aliphatic carbocycles. The topological polar surface area (TPSA) is 84.2 Å². The number of aromatic carboxylic acids is 1. The maximum absolute atomic E-state index is 12.3. The Balaban J connectivity index is 2.29. The van der Waals surface area contributed by atoms with Crippen molar-refractivity contribution in [2.24, 2.45) is 7.05 Å². The summed E-state index contributed by atoms with van der Waals surface area (Å²) in [6, 6.07) is 6.52. The average molecular weight is 287 g/mol. The molecule has 1 heterocycles. The smallest absolute Gasteiger partial charge is 0.336 e. The van der Waals surface area contributed by atoms with Gasteiger partial charge in [0.1, 0.15) is 5.69 Å². The molecule has 21 heavy (non-hydrogen) atoms. The third kappa shape index (κ3) is 2.94. The predicted octanol–water partition coefficient (Wildman–Crippen LogP) is 2.24. The SMILES string of the molecule is CCc1cc(C(=O)Nc2cccc(C(=O)O)c2C)n(C)n1. The first-order valence-electron chi connectivity index (χ1n) is 6.61. The molecule has 1 amide bonds. The summed E-state index contributed by atoms with van der Waals surface area (Å²) in [5, 5.41) is 16.1. The minimum atomic E-state index is -1.02. The molecule has 0 unspecified atom stereocenters. The molecule has 1 aromatic carbocycles. The molecule has 0 spiro atoms. The van der Waals surface area contributed by atoms with E-state index < -0.39 is 5.97 Å². The van der Waals surface area contributed by atoms with Crippen molar-refractivity contribution in [2.45, 2.75) is 20.3 Å². The van der Waals surface area contributed by atoms with Gasteiger partial charge in [0.25, 0.3) is 5.91 Å². The van der Waals surface area contributed by atoms with Crippen LogP contribution in [0.3, 0.4) is 0 Å². The second-order valence-corrected chi connectivity index (χ2v) is 4.74. The Hall–Kier alpha value is -2.63. The Bertz CT molecular complexity index is 704. The van der Waals surface area contributed by atoms with Crippen molar-refractivity contribution in [3.8, 4) is 0 Å². The summed E-state index contributed by atoms with van der Waals surface area (Å²) >= 11 is 0. The van der Waals surface area contributed by atoms with Crippen molar-refractivity contribution in [3.05, 3.63) is 46.8 Å². The Morgan fingerprint density at radius 2 is 2.10 bits per heavy atom. The Kier molecular flexibility index (Phi) is 4.07. The molecule has 2 N–H and O–H groups in total. The zero-order valence-electron chi connectivity index (χ0n) is 12.2. The van der Waals surface area contributed by atoms with Crippen LogP contribution in [0.5, 0.6) is 0 Å². The minimum Gasteiger partial charge on any atom is -0.478 e. The Labute approximate surface area is 122 Å². The molecule has 1 aromatic heterocycles. The van der Waals surface area contributed by atoms with Crippen LogP contribution in [0.25, 0.3) is 0 Å². The second kappa shape index (κ2) is 5.78. The summed E-state index contributed by atoms with van der Waals surface area (Å²) in [6.07, 6.45) is 0.745. The molecular formula is C15H17N3O3. The number of carboxylic acids is 1. The number of anilines is 1. The summed E-state index contributed by atoms with van der Waals surface area (Å²) < 4.78 is 1.52. The lowest BCUT2D eigenvalue weighted by Gasteiger charge is -2.10. The fraction of sp³-hybridized carbons (Fsp3) is 0.267. The van der Waals surface area contributed by atoms with Gasteiger partial charge in [0, 0.05) is 12.7 Å². The fourth-order valence-corrected chi connectivity index (χ4v) is 2.10. The van der Waals surface area contributed by atoms with Crippen molar-refractivity contribution in [3.63, 3.8) is 0 Å². The van der Waals surface area contributed by atoms with Gasteiger partial charge in [-0.15, -0.1) is 0 Å². The maximum Gasteiger partial charge on any atom is 0.336 e. The molecule has 110 valence electrons. The molecule has 0 saturated heterocycles. The summed E-state index contributed by atoms with van der Waals surface area (Å²) in [6.45, 7) is 3.63. The van der Waals surface area contributed by atoms with Gasteiger partial charge in [0.2, 0.25) is 0 Å². The molecule has 0 saturated carbocycles. The molecule has 2 aromatic rings. The summed E-state index contributed by atoms with van der Waals surface area (Å²) in [5.41, 5.74) is 2.45. The quantitative estimate of drug-likeness (QED) is 0.903. The second-order valence-electron chi connectivity index (χ2n) is 4.74. The number of carbonyl (C=O) groups excluding carboxylic acids is 1. The van der Waals surface area contributed by atoms with E-state index in [-0.39, 0.29) is 11.5 Å². The van der Waals surface area contributed by atoms with Crippen LogP contribution >= 0.6 is 0 Å². The highest BCUT2D eigenvalue weighted by atomic mass is 16.4. The van der Waals surface area contributed by atoms with E-state index in [2.05, 4.69) is 10.4 Å². The van der Waals surface area contributed by atoms with Crippen LogP contribution in [0.1, 0.15) is 39.0 Å². The highest BCUT2D eigenvalue weighted by Gasteiger charge is 2.16. The number of hydrogen-bond acceptors (Lipinski definition) is 3. The molecule has 0 radical (unpaired) electrons. The molecule has 6 nitrogen and oxygen atoms in total. The third-order valence-corrected chi connectivity index (χ3v) is 3.34. The van der Waals surface area contributed by atoms with E-state index in [4.69, 9.17) is 5.11 Å². The number of carbonyl (C=O) groups is 2. The van der Waals surface area contributed by atoms with Crippen LogP contribution in [0.4, 0.5) is 5.69 Å². The maximum atomic E-state index is 12.3. The van der Waals surface area contributed by atoms with Crippen molar-refractivity contribution in [2.75, 3.05) is 5.32 Å². The van der Waals surface area contributed by atoms with E-state index in [9.17, 15) is 9.59 Å². The largest absolute Gasteiger partial charge is 0.478 e. The standard InChI is InChI=1S/C15H17N3O3/c1-4-10-8-13(18(3)17-10)14(19)16-12-7-5-6-11(9(12)2)15(20)21/h5-8H,4H2,1-3H3,(H,16,19)(H,20,21). The van der Waals surface area contributed by atoms with Gasteiger partial charge < -0.3 is 10.4 Å². The van der Waals surface area contributed by atoms with Crippen molar-refractivity contribution in [1.82, 2.24) is 9.78 Å². The molecule has 0 aliphatic rings. The van der Waals surface area contributed by atoms with Crippen LogP contribution in [0, 0.1) is 6.92 Å². The number of rotatable bonds is 4. The van der Waals surface area contributed by atoms with Crippen molar-refractivity contribution < 1.29 is 14.7 Å². The van der Waals surface area contributed by atoms with Crippen molar-refractivity contribution >= 4 is 17.6 Å². The minimum absolute atomic E-state index is 0.173. The first kappa shape index (κ1) is 14.8. The molecule has 6 heteroatoms. The number of aromatic nitrogens is 2. The van der Waals surface area contributed by atoms with Gasteiger partial charge in [0.05, 0.1) is 11.3 Å². The van der Waals surface area contributed by atoms with Gasteiger partial charge in [-0.3, -0.25) is 9.48 Å². The number of benzene rings is 1. The summed E-state index contributed by atoms with van der Waals surface area (Å²) in [4.78, 5) is 23.4. The van der Waals surface area contributed by atoms with Gasteiger partial charge in [-0.2, -0.15) is 5.10 Å². The van der Waals surface area contributed by atoms with Crippen molar-refractivity contribution in [1.29, 1.82) is 0 Å². The number of nitrogens with zero attached hydrogens (tertiary/aromatic N) is 2. The van der Waals surface area contributed by atoms with E-state index in [1.165, 1.54) is 10.7 Å². The molecule has 0 atom stereocenters. The number of aryl methyl sites for hydroxylation is 2. The molecule has 0 bridgehead atoms. The van der Waals surface area contributed by atoms with E-state index in [0.29, 0.717) is 16.9 Å². The van der Waals surface area contributed by atoms with Crippen LogP contribution in [0.2, 0.25) is 0 Å². The molecule has 0 fully saturated rings. The number of amides is 1. The van der Waals surface area contributed by atoms with Gasteiger partial charge in [-0.1, -0.05) is 13.0 Å². The zero-order valence-corrected chi connectivity index (χ0v) is 12.2. The number of hydrogen-bond donors (Lipinski definition) is 2. The molecular weight excluding hydrogens is 270 g/mol. The molecule has 0 aliphatic heterocycles. The predicted molar refractivity (Wildman–Crippen MR) is 78.7 cm³/mol. The average Bonchev–Trinajstić information content (AvgIpc) is 2.82. The van der Waals surface area contributed by atoms with Crippen LogP contribution in [-0.2, 0) is 13.5 Å². The van der Waals surface area contributed by atoms with Crippen LogP contribution < -0.4 is 5.32 Å². The first-order chi connectivity index (χ1) is 9.93. The van der Waals surface area contributed by atoms with Crippen LogP contribution in [-0.4, -0.2) is 26.8 Å².